The molecule has 1 nitrogen and oxygen atoms in total. The zero-order chi connectivity index (χ0) is 7.82. The van der Waals surface area contributed by atoms with Crippen molar-refractivity contribution in [2.75, 3.05) is 4.93 Å². The molecule has 10 heavy (non-hydrogen) atoms. The summed E-state index contributed by atoms with van der Waals surface area (Å²) in [5, 5.41) is 0. The number of rotatable bonds is 1. The van der Waals surface area contributed by atoms with Crippen molar-refractivity contribution in [1.82, 2.24) is 0 Å². The Morgan fingerprint density at radius 2 is 1.70 bits per heavy atom. The van der Waals surface area contributed by atoms with Crippen LogP contribution in [-0.4, -0.2) is 11.2 Å². The van der Waals surface area contributed by atoms with Crippen LogP contribution in [0.5, 0.6) is 0 Å². The van der Waals surface area contributed by atoms with Gasteiger partial charge in [0.25, 0.3) is 0 Å². The van der Waals surface area contributed by atoms with E-state index >= 15 is 0 Å². The van der Waals surface area contributed by atoms with Gasteiger partial charge in [0.05, 0.1) is 0 Å². The predicted molar refractivity (Wildman–Crippen MR) is 51.8 cm³/mol. The second-order valence-corrected chi connectivity index (χ2v) is 1.53. The molecule has 1 aromatic carbocycles. The summed E-state index contributed by atoms with van der Waals surface area (Å²) in [6.07, 6.45) is 0.833. The summed E-state index contributed by atoms with van der Waals surface area (Å²) in [4.78, 5) is 12.0. The number of aldehydes is 1. The summed E-state index contributed by atoms with van der Waals surface area (Å²) in [7, 11) is 0. The van der Waals surface area contributed by atoms with Crippen LogP contribution in [0.1, 0.15) is 10.4 Å². The third-order valence-corrected chi connectivity index (χ3v) is 0.936. The lowest BCUT2D eigenvalue weighted by Crippen LogP contribution is -1.73. The maximum Gasteiger partial charge on any atom is 0.150 e. The molecule has 0 aliphatic rings. The average molecular weight is 248 g/mol. The molecule has 0 atom stereocenters. The van der Waals surface area contributed by atoms with Crippen LogP contribution in [0.2, 0.25) is 0 Å². The second kappa shape index (κ2) is 6.74. The minimum absolute atomic E-state index is 0.729. The Morgan fingerprint density at radius 1 is 1.20 bits per heavy atom. The van der Waals surface area contributed by atoms with Crippen molar-refractivity contribution in [3.63, 3.8) is 0 Å². The Balaban J connectivity index is 0.000000371. The van der Waals surface area contributed by atoms with Crippen LogP contribution in [0.15, 0.2) is 30.3 Å². The summed E-state index contributed by atoms with van der Waals surface area (Å²) in [6, 6.07) is 9.10. The highest BCUT2D eigenvalue weighted by atomic mass is 127. The summed E-state index contributed by atoms with van der Waals surface area (Å²) < 4.78 is 0. The molecule has 0 aliphatic heterocycles. The van der Waals surface area contributed by atoms with E-state index in [2.05, 4.69) is 22.6 Å². The molecule has 0 spiro atoms. The monoisotopic (exact) mass is 248 g/mol. The quantitative estimate of drug-likeness (QED) is 0.424. The molecule has 1 rings (SSSR count). The highest BCUT2D eigenvalue weighted by molar-refractivity contribution is 14.1. The Hall–Kier alpha value is -0.380. The normalized spacial score (nSPS) is 7.40. The molecule has 0 N–H and O–H groups in total. The maximum atomic E-state index is 10.0. The SMILES string of the molecule is CI.O=Cc1ccccc1. The van der Waals surface area contributed by atoms with Crippen molar-refractivity contribution in [3.05, 3.63) is 35.9 Å². The van der Waals surface area contributed by atoms with Crippen molar-refractivity contribution < 1.29 is 4.79 Å². The van der Waals surface area contributed by atoms with Crippen LogP contribution in [0.25, 0.3) is 0 Å². The van der Waals surface area contributed by atoms with Gasteiger partial charge in [0.15, 0.2) is 0 Å². The fourth-order valence-electron chi connectivity index (χ4n) is 0.532. The van der Waals surface area contributed by atoms with E-state index in [0.29, 0.717) is 0 Å². The molecule has 1 aromatic rings. The molecule has 0 radical (unpaired) electrons. The first-order valence-electron chi connectivity index (χ1n) is 2.81. The highest BCUT2D eigenvalue weighted by Crippen LogP contribution is 1.91. The Morgan fingerprint density at radius 3 is 2.00 bits per heavy atom. The molecule has 0 aliphatic carbocycles. The van der Waals surface area contributed by atoms with Crippen molar-refractivity contribution in [1.29, 1.82) is 0 Å². The van der Waals surface area contributed by atoms with Gasteiger partial charge in [-0.25, -0.2) is 0 Å². The minimum atomic E-state index is 0.729. The highest BCUT2D eigenvalue weighted by Gasteiger charge is 1.79. The lowest BCUT2D eigenvalue weighted by molar-refractivity contribution is 0.112. The second-order valence-electron chi connectivity index (χ2n) is 1.53. The van der Waals surface area contributed by atoms with Crippen LogP contribution in [0.3, 0.4) is 0 Å². The van der Waals surface area contributed by atoms with Crippen molar-refractivity contribution in [3.8, 4) is 0 Å². The Labute approximate surface area is 74.6 Å². The standard InChI is InChI=1S/C7H6O.CH3I/c8-6-7-4-2-1-3-5-7;1-2/h1-6H;1H3. The number of halogens is 1. The van der Waals surface area contributed by atoms with E-state index in [1.54, 1.807) is 12.1 Å². The molecule has 0 unspecified atom stereocenters. The van der Waals surface area contributed by atoms with Crippen LogP contribution in [-0.2, 0) is 0 Å². The first kappa shape index (κ1) is 9.62. The Bertz CT molecular complexity index is 172. The topological polar surface area (TPSA) is 17.1 Å². The van der Waals surface area contributed by atoms with Crippen LogP contribution >= 0.6 is 22.6 Å². The van der Waals surface area contributed by atoms with E-state index in [-0.39, 0.29) is 0 Å². The lowest BCUT2D eigenvalue weighted by atomic mass is 10.2. The summed E-state index contributed by atoms with van der Waals surface area (Å²) in [5.74, 6) is 0. The summed E-state index contributed by atoms with van der Waals surface area (Å²) in [6.45, 7) is 0. The third kappa shape index (κ3) is 3.61. The number of carbonyl (C=O) groups excluding carboxylic acids is 1. The van der Waals surface area contributed by atoms with Gasteiger partial charge in [-0.1, -0.05) is 52.9 Å². The molecule has 54 valence electrons. The van der Waals surface area contributed by atoms with E-state index in [0.717, 1.165) is 11.8 Å². The van der Waals surface area contributed by atoms with Crippen molar-refractivity contribution in [2.24, 2.45) is 0 Å². The number of alkyl halides is 1. The first-order valence-corrected chi connectivity index (χ1v) is 4.97. The predicted octanol–water partition coefficient (Wildman–Crippen LogP) is 2.55. The average Bonchev–Trinajstić information content (AvgIpc) is 2.10. The maximum absolute atomic E-state index is 10.0. The fraction of sp³-hybridized carbons (Fsp3) is 0.125. The zero-order valence-corrected chi connectivity index (χ0v) is 7.91. The molecule has 0 saturated carbocycles. The lowest BCUT2D eigenvalue weighted by Gasteiger charge is -1.81. The van der Waals surface area contributed by atoms with Gasteiger partial charge in [-0.05, 0) is 4.93 Å². The smallest absolute Gasteiger partial charge is 0.150 e. The minimum Gasteiger partial charge on any atom is -0.298 e. The first-order chi connectivity index (χ1) is 4.93. The van der Waals surface area contributed by atoms with E-state index in [1.807, 2.05) is 23.1 Å². The zero-order valence-electron chi connectivity index (χ0n) is 5.75. The Kier molecular flexibility index (Phi) is 6.48. The summed E-state index contributed by atoms with van der Waals surface area (Å²) >= 11 is 2.15. The van der Waals surface area contributed by atoms with E-state index < -0.39 is 0 Å². The van der Waals surface area contributed by atoms with Crippen LogP contribution in [0, 0.1) is 0 Å². The molecular weight excluding hydrogens is 239 g/mol. The third-order valence-electron chi connectivity index (χ3n) is 0.936. The van der Waals surface area contributed by atoms with Gasteiger partial charge < -0.3 is 0 Å². The molecule has 2 heteroatoms. The van der Waals surface area contributed by atoms with E-state index in [1.165, 1.54) is 0 Å². The summed E-state index contributed by atoms with van der Waals surface area (Å²) in [5.41, 5.74) is 0.729. The molecule has 0 fully saturated rings. The molecule has 0 saturated heterocycles. The van der Waals surface area contributed by atoms with Gasteiger partial charge in [0, 0.05) is 5.56 Å². The van der Waals surface area contributed by atoms with Gasteiger partial charge in [0.1, 0.15) is 6.29 Å². The van der Waals surface area contributed by atoms with E-state index in [9.17, 15) is 4.79 Å². The number of hydrogen-bond acceptors (Lipinski definition) is 1. The number of carbonyl (C=O) groups is 1. The van der Waals surface area contributed by atoms with Gasteiger partial charge in [-0.15, -0.1) is 0 Å². The van der Waals surface area contributed by atoms with Crippen molar-refractivity contribution >= 4 is 28.9 Å². The molecule has 0 amide bonds. The van der Waals surface area contributed by atoms with Crippen LogP contribution < -0.4 is 0 Å². The van der Waals surface area contributed by atoms with Gasteiger partial charge in [-0.3, -0.25) is 4.79 Å². The number of benzene rings is 1. The number of hydrogen-bond donors (Lipinski definition) is 0. The molecule has 0 bridgehead atoms. The van der Waals surface area contributed by atoms with Gasteiger partial charge in [0.2, 0.25) is 0 Å². The van der Waals surface area contributed by atoms with Gasteiger partial charge >= 0.3 is 0 Å². The van der Waals surface area contributed by atoms with Gasteiger partial charge in [-0.2, -0.15) is 0 Å². The largest absolute Gasteiger partial charge is 0.298 e. The van der Waals surface area contributed by atoms with Crippen molar-refractivity contribution in [2.45, 2.75) is 0 Å². The molecular formula is C8H9IO. The molecule has 0 heterocycles. The van der Waals surface area contributed by atoms with Crippen LogP contribution in [0.4, 0.5) is 0 Å². The van der Waals surface area contributed by atoms with E-state index in [4.69, 9.17) is 0 Å². The fourth-order valence-corrected chi connectivity index (χ4v) is 0.532. The molecule has 0 aromatic heterocycles.